The molecule has 0 aliphatic carbocycles. The fourth-order valence-electron chi connectivity index (χ4n) is 2.80. The van der Waals surface area contributed by atoms with E-state index in [1.165, 1.54) is 24.3 Å². The van der Waals surface area contributed by atoms with Crippen molar-refractivity contribution in [3.8, 4) is 0 Å². The maximum Gasteiger partial charge on any atom is 0.256 e. The zero-order chi connectivity index (χ0) is 20.1. The third-order valence-corrected chi connectivity index (χ3v) is 4.50. The molecule has 0 aliphatic heterocycles. The minimum absolute atomic E-state index is 0.163. The number of amides is 2. The fourth-order valence-corrected chi connectivity index (χ4v) is 2.80. The van der Waals surface area contributed by atoms with Gasteiger partial charge in [0.2, 0.25) is 5.91 Å². The number of benzene rings is 1. The highest BCUT2D eigenvalue weighted by molar-refractivity contribution is 5.96. The standard InChI is InChI=1S/C22H22FN3O2/c1-15(21(27)25-19-10-8-18(23)9-11-19)6-7-16(2)24-22(28)17-13-20-5-3-4-12-26(20)14-17/h3-5,8-15H,2,6-7H2,1H3,(H,24,28)(H,25,27). The maximum atomic E-state index is 12.9. The number of carbonyl (C=O) groups is 2. The molecular formula is C22H22FN3O2. The third-order valence-electron chi connectivity index (χ3n) is 4.50. The van der Waals surface area contributed by atoms with Crippen molar-refractivity contribution >= 4 is 23.0 Å². The van der Waals surface area contributed by atoms with Crippen molar-refractivity contribution in [2.75, 3.05) is 5.32 Å². The Morgan fingerprint density at radius 1 is 1.18 bits per heavy atom. The van der Waals surface area contributed by atoms with E-state index in [4.69, 9.17) is 0 Å². The molecule has 3 rings (SSSR count). The number of allylic oxidation sites excluding steroid dienone is 1. The molecule has 3 aromatic rings. The molecule has 2 N–H and O–H groups in total. The molecule has 0 radical (unpaired) electrons. The summed E-state index contributed by atoms with van der Waals surface area (Å²) < 4.78 is 14.8. The van der Waals surface area contributed by atoms with E-state index >= 15 is 0 Å². The summed E-state index contributed by atoms with van der Waals surface area (Å²) in [6.45, 7) is 5.69. The zero-order valence-corrected chi connectivity index (χ0v) is 15.6. The van der Waals surface area contributed by atoms with Crippen molar-refractivity contribution in [2.45, 2.75) is 19.8 Å². The number of fused-ring (bicyclic) bond motifs is 1. The number of pyridine rings is 1. The van der Waals surface area contributed by atoms with Gasteiger partial charge in [-0.3, -0.25) is 9.59 Å². The Morgan fingerprint density at radius 3 is 2.64 bits per heavy atom. The molecule has 2 heterocycles. The minimum atomic E-state index is -0.353. The number of nitrogens with zero attached hydrogens (tertiary/aromatic N) is 1. The third kappa shape index (κ3) is 4.85. The Hall–Kier alpha value is -3.41. The van der Waals surface area contributed by atoms with E-state index in [0.29, 0.717) is 29.8 Å². The molecule has 28 heavy (non-hydrogen) atoms. The molecule has 0 spiro atoms. The first-order chi connectivity index (χ1) is 13.4. The van der Waals surface area contributed by atoms with Crippen LogP contribution in [0.4, 0.5) is 10.1 Å². The summed E-state index contributed by atoms with van der Waals surface area (Å²) in [6, 6.07) is 13.2. The van der Waals surface area contributed by atoms with Crippen LogP contribution in [0.3, 0.4) is 0 Å². The first kappa shape index (κ1) is 19.4. The lowest BCUT2D eigenvalue weighted by Gasteiger charge is -2.13. The van der Waals surface area contributed by atoms with E-state index < -0.39 is 0 Å². The van der Waals surface area contributed by atoms with Crippen LogP contribution >= 0.6 is 0 Å². The van der Waals surface area contributed by atoms with Crippen LogP contribution < -0.4 is 10.6 Å². The van der Waals surface area contributed by atoms with Gasteiger partial charge in [0.15, 0.2) is 0 Å². The van der Waals surface area contributed by atoms with Crippen LogP contribution in [-0.4, -0.2) is 16.2 Å². The molecule has 2 aromatic heterocycles. The highest BCUT2D eigenvalue weighted by Gasteiger charge is 2.15. The lowest BCUT2D eigenvalue weighted by atomic mass is 10.0. The Kier molecular flexibility index (Phi) is 5.89. The van der Waals surface area contributed by atoms with E-state index in [-0.39, 0.29) is 23.5 Å². The van der Waals surface area contributed by atoms with Gasteiger partial charge in [-0.2, -0.15) is 0 Å². The summed E-state index contributed by atoms with van der Waals surface area (Å²) >= 11 is 0. The first-order valence-corrected chi connectivity index (χ1v) is 9.04. The number of halogens is 1. The monoisotopic (exact) mass is 379 g/mol. The van der Waals surface area contributed by atoms with Crippen LogP contribution in [0.1, 0.15) is 30.1 Å². The predicted octanol–water partition coefficient (Wildman–Crippen LogP) is 4.38. The summed E-state index contributed by atoms with van der Waals surface area (Å²) in [7, 11) is 0. The van der Waals surface area contributed by atoms with Crippen molar-refractivity contribution in [1.29, 1.82) is 0 Å². The van der Waals surface area contributed by atoms with Crippen LogP contribution in [-0.2, 0) is 4.79 Å². The number of nitrogens with one attached hydrogen (secondary N) is 2. The number of carbonyl (C=O) groups excluding carboxylic acids is 2. The summed E-state index contributed by atoms with van der Waals surface area (Å²) in [5, 5.41) is 5.54. The second kappa shape index (κ2) is 8.52. The number of anilines is 1. The number of hydrogen-bond donors (Lipinski definition) is 2. The largest absolute Gasteiger partial charge is 0.326 e. The molecule has 0 aliphatic rings. The van der Waals surface area contributed by atoms with Gasteiger partial charge in [-0.05, 0) is 55.3 Å². The van der Waals surface area contributed by atoms with Crippen molar-refractivity contribution in [2.24, 2.45) is 5.92 Å². The molecular weight excluding hydrogens is 357 g/mol. The van der Waals surface area contributed by atoms with Gasteiger partial charge in [-0.15, -0.1) is 0 Å². The van der Waals surface area contributed by atoms with Crippen molar-refractivity contribution in [3.63, 3.8) is 0 Å². The van der Waals surface area contributed by atoms with E-state index in [0.717, 1.165) is 5.52 Å². The van der Waals surface area contributed by atoms with Crippen LogP contribution in [0.2, 0.25) is 0 Å². The summed E-state index contributed by atoms with van der Waals surface area (Å²) in [6.07, 6.45) is 4.65. The van der Waals surface area contributed by atoms with Gasteiger partial charge in [0.1, 0.15) is 5.82 Å². The molecule has 1 unspecified atom stereocenters. The number of rotatable bonds is 7. The Balaban J connectivity index is 1.48. The predicted molar refractivity (Wildman–Crippen MR) is 107 cm³/mol. The average molecular weight is 379 g/mol. The molecule has 5 nitrogen and oxygen atoms in total. The van der Waals surface area contributed by atoms with E-state index in [1.54, 1.807) is 19.2 Å². The summed E-state index contributed by atoms with van der Waals surface area (Å²) in [4.78, 5) is 24.6. The molecule has 0 saturated carbocycles. The normalized spacial score (nSPS) is 11.8. The average Bonchev–Trinajstić information content (AvgIpc) is 3.12. The fraction of sp³-hybridized carbons (Fsp3) is 0.182. The van der Waals surface area contributed by atoms with Gasteiger partial charge in [-0.1, -0.05) is 19.6 Å². The maximum absolute atomic E-state index is 12.9. The van der Waals surface area contributed by atoms with Gasteiger partial charge in [-0.25, -0.2) is 4.39 Å². The second-order valence-corrected chi connectivity index (χ2v) is 6.76. The first-order valence-electron chi connectivity index (χ1n) is 9.04. The zero-order valence-electron chi connectivity index (χ0n) is 15.6. The lowest BCUT2D eigenvalue weighted by Crippen LogP contribution is -2.24. The van der Waals surface area contributed by atoms with Gasteiger partial charge in [0, 0.05) is 35.2 Å². The smallest absolute Gasteiger partial charge is 0.256 e. The quantitative estimate of drug-likeness (QED) is 0.640. The van der Waals surface area contributed by atoms with Crippen LogP contribution in [0.25, 0.3) is 5.52 Å². The van der Waals surface area contributed by atoms with Gasteiger partial charge < -0.3 is 15.0 Å². The molecule has 0 saturated heterocycles. The summed E-state index contributed by atoms with van der Waals surface area (Å²) in [5.41, 5.74) is 2.59. The Labute approximate surface area is 162 Å². The highest BCUT2D eigenvalue weighted by atomic mass is 19.1. The van der Waals surface area contributed by atoms with Crippen LogP contribution in [0.15, 0.2) is 73.2 Å². The SMILES string of the molecule is C=C(CCC(C)C(=O)Nc1ccc(F)cc1)NC(=O)c1cc2ccccn2c1. The number of hydrogen-bond acceptors (Lipinski definition) is 2. The van der Waals surface area contributed by atoms with Crippen LogP contribution in [0.5, 0.6) is 0 Å². The van der Waals surface area contributed by atoms with E-state index in [9.17, 15) is 14.0 Å². The van der Waals surface area contributed by atoms with Crippen molar-refractivity contribution in [1.82, 2.24) is 9.72 Å². The number of aromatic nitrogens is 1. The van der Waals surface area contributed by atoms with Crippen molar-refractivity contribution < 1.29 is 14.0 Å². The van der Waals surface area contributed by atoms with E-state index in [2.05, 4.69) is 17.2 Å². The van der Waals surface area contributed by atoms with Gasteiger partial charge >= 0.3 is 0 Å². The molecule has 0 bridgehead atoms. The molecule has 6 heteroatoms. The molecule has 144 valence electrons. The molecule has 2 amide bonds. The molecule has 0 fully saturated rings. The molecule has 1 atom stereocenters. The second-order valence-electron chi connectivity index (χ2n) is 6.76. The summed E-state index contributed by atoms with van der Waals surface area (Å²) in [5.74, 6) is -1.02. The Morgan fingerprint density at radius 2 is 1.93 bits per heavy atom. The highest BCUT2D eigenvalue weighted by Crippen LogP contribution is 2.15. The van der Waals surface area contributed by atoms with Crippen molar-refractivity contribution in [3.05, 3.63) is 84.6 Å². The molecule has 1 aromatic carbocycles. The lowest BCUT2D eigenvalue weighted by molar-refractivity contribution is -0.119. The Bertz CT molecular complexity index is 975. The van der Waals surface area contributed by atoms with Gasteiger partial charge in [0.25, 0.3) is 5.91 Å². The topological polar surface area (TPSA) is 62.6 Å². The van der Waals surface area contributed by atoms with E-state index in [1.807, 2.05) is 28.8 Å². The van der Waals surface area contributed by atoms with Crippen LogP contribution in [0, 0.1) is 11.7 Å². The van der Waals surface area contributed by atoms with Gasteiger partial charge in [0.05, 0.1) is 5.56 Å². The minimum Gasteiger partial charge on any atom is -0.326 e.